The lowest BCUT2D eigenvalue weighted by atomic mass is 9.98. The van der Waals surface area contributed by atoms with Gasteiger partial charge < -0.3 is 24.4 Å². The third-order valence-electron chi connectivity index (χ3n) is 6.72. The van der Waals surface area contributed by atoms with Crippen molar-refractivity contribution in [3.63, 3.8) is 0 Å². The topological polar surface area (TPSA) is 101 Å². The van der Waals surface area contributed by atoms with E-state index in [-0.39, 0.29) is 24.2 Å². The van der Waals surface area contributed by atoms with Crippen LogP contribution in [0.1, 0.15) is 18.9 Å². The molecule has 0 bridgehead atoms. The second kappa shape index (κ2) is 11.2. The second-order valence-corrected chi connectivity index (χ2v) is 9.17. The largest absolute Gasteiger partial charge is 0.493 e. The molecule has 1 heterocycles. The molecule has 2 amide bonds. The van der Waals surface area contributed by atoms with E-state index in [1.165, 1.54) is 0 Å². The van der Waals surface area contributed by atoms with Crippen LogP contribution in [0.25, 0.3) is 21.9 Å². The first-order chi connectivity index (χ1) is 17.9. The van der Waals surface area contributed by atoms with Gasteiger partial charge in [-0.2, -0.15) is 5.26 Å². The summed E-state index contributed by atoms with van der Waals surface area (Å²) >= 11 is 0. The first-order valence-corrected chi connectivity index (χ1v) is 12.2. The van der Waals surface area contributed by atoms with Gasteiger partial charge in [-0.1, -0.05) is 30.3 Å². The minimum Gasteiger partial charge on any atom is -0.493 e. The Balaban J connectivity index is 1.47. The molecule has 1 saturated heterocycles. The molecule has 2 atom stereocenters. The third-order valence-corrected chi connectivity index (χ3v) is 6.72. The summed E-state index contributed by atoms with van der Waals surface area (Å²) in [6.07, 6.45) is 0.880. The van der Waals surface area contributed by atoms with Gasteiger partial charge in [-0.25, -0.2) is 0 Å². The predicted molar refractivity (Wildman–Crippen MR) is 141 cm³/mol. The average Bonchev–Trinajstić information content (AvgIpc) is 3.42. The van der Waals surface area contributed by atoms with Crippen molar-refractivity contribution in [1.29, 1.82) is 5.26 Å². The molecule has 8 nitrogen and oxygen atoms in total. The third kappa shape index (κ3) is 5.61. The van der Waals surface area contributed by atoms with E-state index in [0.717, 1.165) is 27.5 Å². The van der Waals surface area contributed by atoms with Gasteiger partial charge in [-0.15, -0.1) is 0 Å². The summed E-state index contributed by atoms with van der Waals surface area (Å²) in [4.78, 5) is 27.0. The summed E-state index contributed by atoms with van der Waals surface area (Å²) in [6.45, 7) is 2.57. The Bertz CT molecular complexity index is 1340. The quantitative estimate of drug-likeness (QED) is 0.502. The van der Waals surface area contributed by atoms with Crippen molar-refractivity contribution >= 4 is 22.6 Å². The van der Waals surface area contributed by atoms with Crippen LogP contribution in [0.3, 0.4) is 0 Å². The van der Waals surface area contributed by atoms with Crippen LogP contribution in [0, 0.1) is 17.2 Å². The Morgan fingerprint density at radius 1 is 1.00 bits per heavy atom. The van der Waals surface area contributed by atoms with Gasteiger partial charge >= 0.3 is 0 Å². The van der Waals surface area contributed by atoms with Gasteiger partial charge in [0, 0.05) is 13.1 Å². The maximum Gasteiger partial charge on any atom is 0.227 e. The molecule has 1 N–H and O–H groups in total. The van der Waals surface area contributed by atoms with Gasteiger partial charge in [0.05, 0.1) is 39.7 Å². The molecule has 37 heavy (non-hydrogen) atoms. The summed E-state index contributed by atoms with van der Waals surface area (Å²) < 4.78 is 16.4. The smallest absolute Gasteiger partial charge is 0.227 e. The van der Waals surface area contributed by atoms with Crippen LogP contribution in [-0.2, 0) is 16.0 Å². The molecule has 4 rings (SSSR count). The van der Waals surface area contributed by atoms with Crippen molar-refractivity contribution in [2.24, 2.45) is 5.92 Å². The zero-order valence-corrected chi connectivity index (χ0v) is 21.5. The van der Waals surface area contributed by atoms with E-state index in [2.05, 4.69) is 11.4 Å². The molecule has 1 aliphatic rings. The molecule has 3 aromatic rings. The summed E-state index contributed by atoms with van der Waals surface area (Å²) in [6, 6.07) is 17.5. The highest BCUT2D eigenvalue weighted by molar-refractivity contribution is 5.90. The van der Waals surface area contributed by atoms with E-state index in [1.807, 2.05) is 48.5 Å². The van der Waals surface area contributed by atoms with E-state index in [9.17, 15) is 9.59 Å². The predicted octanol–water partition coefficient (Wildman–Crippen LogP) is 3.95. The Labute approximate surface area is 216 Å². The average molecular weight is 502 g/mol. The lowest BCUT2D eigenvalue weighted by molar-refractivity contribution is -0.130. The van der Waals surface area contributed by atoms with Crippen LogP contribution in [-0.4, -0.2) is 57.2 Å². The Hall–Kier alpha value is -4.25. The number of nitrogens with one attached hydrogen (secondary N) is 1. The fraction of sp³-hybridized carbons (Fsp3) is 0.345. The first kappa shape index (κ1) is 25.8. The normalized spacial score (nSPS) is 15.6. The minimum atomic E-state index is -0.538. The number of carbonyl (C=O) groups is 2. The van der Waals surface area contributed by atoms with Crippen LogP contribution in [0.5, 0.6) is 17.2 Å². The molecular weight excluding hydrogens is 470 g/mol. The van der Waals surface area contributed by atoms with Gasteiger partial charge in [0.2, 0.25) is 17.6 Å². The lowest BCUT2D eigenvalue weighted by Crippen LogP contribution is -2.38. The van der Waals surface area contributed by atoms with Gasteiger partial charge in [0.25, 0.3) is 0 Å². The fourth-order valence-electron chi connectivity index (χ4n) is 4.68. The van der Waals surface area contributed by atoms with Crippen molar-refractivity contribution in [2.75, 3.05) is 34.4 Å². The molecule has 192 valence electrons. The van der Waals surface area contributed by atoms with Gasteiger partial charge in [0.15, 0.2) is 11.5 Å². The van der Waals surface area contributed by atoms with E-state index < -0.39 is 6.04 Å². The Kier molecular flexibility index (Phi) is 7.83. The number of carbonyl (C=O) groups excluding carboxylic acids is 2. The van der Waals surface area contributed by atoms with Crippen molar-refractivity contribution in [3.05, 3.63) is 54.1 Å². The number of fused-ring (bicyclic) bond motifs is 1. The summed E-state index contributed by atoms with van der Waals surface area (Å²) in [5.41, 5.74) is 2.86. The number of rotatable bonds is 8. The molecule has 8 heteroatoms. The van der Waals surface area contributed by atoms with E-state index in [4.69, 9.17) is 19.5 Å². The van der Waals surface area contributed by atoms with Crippen LogP contribution < -0.4 is 19.5 Å². The van der Waals surface area contributed by atoms with Crippen LogP contribution in [0.4, 0.5) is 0 Å². The van der Waals surface area contributed by atoms with Crippen LogP contribution in [0.15, 0.2) is 48.5 Å². The van der Waals surface area contributed by atoms with E-state index >= 15 is 0 Å². The lowest BCUT2D eigenvalue weighted by Gasteiger charge is -2.17. The highest BCUT2D eigenvalue weighted by atomic mass is 16.5. The summed E-state index contributed by atoms with van der Waals surface area (Å²) in [7, 11) is 4.77. The first-order valence-electron chi connectivity index (χ1n) is 12.2. The number of hydrogen-bond acceptors (Lipinski definition) is 6. The van der Waals surface area contributed by atoms with Gasteiger partial charge in [-0.05, 0) is 59.0 Å². The molecule has 0 aliphatic carbocycles. The SMILES string of the molecule is COc1cc(-c2ccc3cc(CC(=O)N4CCC(C(=O)NC(C)C#N)C4)ccc3c2)cc(OC)c1OC. The molecule has 0 saturated carbocycles. The second-order valence-electron chi connectivity index (χ2n) is 9.17. The van der Waals surface area contributed by atoms with Gasteiger partial charge in [0.1, 0.15) is 6.04 Å². The van der Waals surface area contributed by atoms with Crippen molar-refractivity contribution in [1.82, 2.24) is 10.2 Å². The summed E-state index contributed by atoms with van der Waals surface area (Å²) in [5, 5.41) is 13.7. The Morgan fingerprint density at radius 2 is 1.68 bits per heavy atom. The minimum absolute atomic E-state index is 0.00275. The number of ether oxygens (including phenoxy) is 3. The monoisotopic (exact) mass is 501 g/mol. The number of methoxy groups -OCH3 is 3. The standard InChI is InChI=1S/C29H31N3O5/c1-18(16-30)31-29(34)23-9-10-32(17-23)27(33)12-19-5-6-21-13-22(8-7-20(21)11-19)24-14-25(35-2)28(37-4)26(15-24)36-3/h5-8,11,13-15,18,23H,9-10,12,17H2,1-4H3,(H,31,34). The maximum atomic E-state index is 12.9. The highest BCUT2D eigenvalue weighted by Crippen LogP contribution is 2.41. The zero-order chi connectivity index (χ0) is 26.5. The highest BCUT2D eigenvalue weighted by Gasteiger charge is 2.31. The van der Waals surface area contributed by atoms with Crippen LogP contribution in [0.2, 0.25) is 0 Å². The van der Waals surface area contributed by atoms with Gasteiger partial charge in [-0.3, -0.25) is 9.59 Å². The molecule has 2 unspecified atom stereocenters. The van der Waals surface area contributed by atoms with Crippen molar-refractivity contribution < 1.29 is 23.8 Å². The molecule has 1 fully saturated rings. The number of amides is 2. The van der Waals surface area contributed by atoms with Crippen molar-refractivity contribution in [3.8, 4) is 34.4 Å². The summed E-state index contributed by atoms with van der Waals surface area (Å²) in [5.74, 6) is 1.28. The number of benzene rings is 3. The number of nitriles is 1. The molecule has 3 aromatic carbocycles. The maximum absolute atomic E-state index is 12.9. The van der Waals surface area contributed by atoms with Crippen molar-refractivity contribution in [2.45, 2.75) is 25.8 Å². The van der Waals surface area contributed by atoms with E-state index in [0.29, 0.717) is 36.8 Å². The molecule has 1 aliphatic heterocycles. The number of nitrogens with zero attached hydrogens (tertiary/aromatic N) is 2. The number of hydrogen-bond donors (Lipinski definition) is 1. The Morgan fingerprint density at radius 3 is 2.32 bits per heavy atom. The number of likely N-dealkylation sites (tertiary alicyclic amines) is 1. The zero-order valence-electron chi connectivity index (χ0n) is 21.5. The molecule has 0 spiro atoms. The van der Waals surface area contributed by atoms with Crippen LogP contribution >= 0.6 is 0 Å². The fourth-order valence-corrected chi connectivity index (χ4v) is 4.68. The van der Waals surface area contributed by atoms with E-state index in [1.54, 1.807) is 33.2 Å². The molecular formula is C29H31N3O5. The molecule has 0 aromatic heterocycles. The molecule has 0 radical (unpaired) electrons.